The Hall–Kier alpha value is -2.29. The number of carbonyl (C=O) groups is 1. The van der Waals surface area contributed by atoms with E-state index in [1.54, 1.807) is 30.2 Å². The second kappa shape index (κ2) is 11.5. The van der Waals surface area contributed by atoms with Crippen LogP contribution in [0.3, 0.4) is 0 Å². The summed E-state index contributed by atoms with van der Waals surface area (Å²) >= 11 is 1.71. The molecule has 4 rings (SSSR count). The molecule has 2 fully saturated rings. The van der Waals surface area contributed by atoms with Crippen LogP contribution in [0, 0.1) is 6.92 Å². The van der Waals surface area contributed by atoms with Crippen LogP contribution in [0.15, 0.2) is 42.0 Å². The first-order chi connectivity index (χ1) is 15.7. The van der Waals surface area contributed by atoms with Crippen LogP contribution in [-0.2, 0) is 9.53 Å². The van der Waals surface area contributed by atoms with Crippen LogP contribution in [0.4, 0.5) is 0 Å². The highest BCUT2D eigenvalue weighted by molar-refractivity contribution is 7.99. The Morgan fingerprint density at radius 1 is 1.28 bits per heavy atom. The van der Waals surface area contributed by atoms with Crippen molar-refractivity contribution in [2.75, 3.05) is 51.7 Å². The Balaban J connectivity index is 1.35. The fraction of sp³-hybridized carbons (Fsp3) is 0.500. The van der Waals surface area contributed by atoms with Gasteiger partial charge >= 0.3 is 0 Å². The molecule has 0 bridgehead atoms. The number of thioether (sulfide) groups is 1. The lowest BCUT2D eigenvalue weighted by atomic mass is 9.92. The maximum Gasteiger partial charge on any atom is 0.246 e. The van der Waals surface area contributed by atoms with Gasteiger partial charge in [0.1, 0.15) is 0 Å². The predicted molar refractivity (Wildman–Crippen MR) is 127 cm³/mol. The zero-order chi connectivity index (χ0) is 22.2. The van der Waals surface area contributed by atoms with E-state index < -0.39 is 0 Å². The van der Waals surface area contributed by atoms with Crippen LogP contribution in [0.1, 0.15) is 35.6 Å². The maximum absolute atomic E-state index is 12.8. The van der Waals surface area contributed by atoms with Crippen molar-refractivity contribution >= 4 is 23.7 Å². The lowest BCUT2D eigenvalue weighted by molar-refractivity contribution is -0.127. The van der Waals surface area contributed by atoms with Crippen molar-refractivity contribution in [3.63, 3.8) is 0 Å². The lowest BCUT2D eigenvalue weighted by Gasteiger charge is -2.32. The topological polar surface area (TPSA) is 71.5 Å². The van der Waals surface area contributed by atoms with E-state index in [1.807, 2.05) is 29.3 Å². The van der Waals surface area contributed by atoms with Gasteiger partial charge in [0.15, 0.2) is 5.16 Å². The van der Waals surface area contributed by atoms with E-state index in [0.29, 0.717) is 6.54 Å². The standard InChI is InChI=1S/C24H31N5O2S/c1-19-16-26-24(32-15-12-28-10-13-31-14-11-28)27-23(19)21-5-3-9-29(18-21)22(30)7-6-20-4-2-8-25-17-20/h2,4,6-8,16-17,21H,3,5,9-15,18H2,1H3. The monoisotopic (exact) mass is 453 g/mol. The molecule has 170 valence electrons. The number of ether oxygens (including phenoxy) is 1. The Morgan fingerprint density at radius 2 is 2.16 bits per heavy atom. The number of aromatic nitrogens is 3. The van der Waals surface area contributed by atoms with Gasteiger partial charge in [0.2, 0.25) is 5.91 Å². The van der Waals surface area contributed by atoms with E-state index in [1.165, 1.54) is 0 Å². The molecule has 0 N–H and O–H groups in total. The van der Waals surface area contributed by atoms with Crippen molar-refractivity contribution in [3.8, 4) is 0 Å². The summed E-state index contributed by atoms with van der Waals surface area (Å²) in [6, 6.07) is 3.81. The number of hydrogen-bond donors (Lipinski definition) is 0. The quantitative estimate of drug-likeness (QED) is 0.362. The van der Waals surface area contributed by atoms with Gasteiger partial charge in [-0.2, -0.15) is 0 Å². The molecular formula is C24H31N5O2S. The molecule has 4 heterocycles. The molecule has 2 saturated heterocycles. The lowest BCUT2D eigenvalue weighted by Crippen LogP contribution is -2.38. The normalized spacial score (nSPS) is 20.0. The number of aryl methyl sites for hydroxylation is 1. The van der Waals surface area contributed by atoms with E-state index in [9.17, 15) is 4.79 Å². The minimum absolute atomic E-state index is 0.0466. The average Bonchev–Trinajstić information content (AvgIpc) is 2.85. The highest BCUT2D eigenvalue weighted by atomic mass is 32.2. The summed E-state index contributed by atoms with van der Waals surface area (Å²) in [7, 11) is 0. The predicted octanol–water partition coefficient (Wildman–Crippen LogP) is 3.02. The van der Waals surface area contributed by atoms with Crippen LogP contribution < -0.4 is 0 Å². The van der Waals surface area contributed by atoms with Crippen molar-refractivity contribution in [2.45, 2.75) is 30.8 Å². The molecule has 0 saturated carbocycles. The first-order valence-corrected chi connectivity index (χ1v) is 12.3. The van der Waals surface area contributed by atoms with Crippen molar-refractivity contribution in [3.05, 3.63) is 53.6 Å². The fourth-order valence-corrected chi connectivity index (χ4v) is 4.98. The highest BCUT2D eigenvalue weighted by Crippen LogP contribution is 2.29. The van der Waals surface area contributed by atoms with Crippen LogP contribution >= 0.6 is 11.8 Å². The van der Waals surface area contributed by atoms with Crippen molar-refractivity contribution < 1.29 is 9.53 Å². The van der Waals surface area contributed by atoms with E-state index in [2.05, 4.69) is 21.8 Å². The van der Waals surface area contributed by atoms with Gasteiger partial charge in [-0.05, 0) is 43.0 Å². The summed E-state index contributed by atoms with van der Waals surface area (Å²) in [5, 5.41) is 0.832. The molecular weight excluding hydrogens is 422 g/mol. The number of likely N-dealkylation sites (tertiary alicyclic amines) is 1. The molecule has 2 aromatic heterocycles. The molecule has 0 aliphatic carbocycles. The minimum Gasteiger partial charge on any atom is -0.379 e. The van der Waals surface area contributed by atoms with Crippen molar-refractivity contribution in [1.29, 1.82) is 0 Å². The van der Waals surface area contributed by atoms with Gasteiger partial charge in [-0.1, -0.05) is 17.8 Å². The average molecular weight is 454 g/mol. The van der Waals surface area contributed by atoms with E-state index >= 15 is 0 Å². The summed E-state index contributed by atoms with van der Waals surface area (Å²) in [4.78, 5) is 30.7. The number of carbonyl (C=O) groups excluding carboxylic acids is 1. The van der Waals surface area contributed by atoms with Gasteiger partial charge in [0.05, 0.1) is 18.9 Å². The molecule has 1 amide bonds. The summed E-state index contributed by atoms with van der Waals surface area (Å²) in [6.45, 7) is 8.23. The third-order valence-corrected chi connectivity index (χ3v) is 6.80. The summed E-state index contributed by atoms with van der Waals surface area (Å²) in [5.74, 6) is 1.27. The molecule has 1 atom stereocenters. The molecule has 0 aromatic carbocycles. The molecule has 2 aliphatic heterocycles. The van der Waals surface area contributed by atoms with E-state index in [0.717, 1.165) is 80.0 Å². The number of rotatable bonds is 7. The highest BCUT2D eigenvalue weighted by Gasteiger charge is 2.26. The first kappa shape index (κ1) is 22.9. The Bertz CT molecular complexity index is 918. The van der Waals surface area contributed by atoms with Gasteiger partial charge < -0.3 is 9.64 Å². The first-order valence-electron chi connectivity index (χ1n) is 11.3. The Kier molecular flexibility index (Phi) is 8.25. The molecule has 0 spiro atoms. The zero-order valence-electron chi connectivity index (χ0n) is 18.7. The number of piperidine rings is 1. The third-order valence-electron chi connectivity index (χ3n) is 5.95. The van der Waals surface area contributed by atoms with Gasteiger partial charge in [-0.15, -0.1) is 0 Å². The third kappa shape index (κ3) is 6.37. The Morgan fingerprint density at radius 3 is 2.97 bits per heavy atom. The van der Waals surface area contributed by atoms with Crippen molar-refractivity contribution in [1.82, 2.24) is 24.8 Å². The van der Waals surface area contributed by atoms with Crippen LogP contribution in [0.2, 0.25) is 0 Å². The molecule has 7 nitrogen and oxygen atoms in total. The van der Waals surface area contributed by atoms with Gasteiger partial charge in [-0.3, -0.25) is 14.7 Å². The van der Waals surface area contributed by atoms with Crippen LogP contribution in [0.25, 0.3) is 6.08 Å². The smallest absolute Gasteiger partial charge is 0.246 e. The number of morpholine rings is 1. The number of amides is 1. The summed E-state index contributed by atoms with van der Waals surface area (Å²) in [5.41, 5.74) is 3.12. The van der Waals surface area contributed by atoms with Crippen molar-refractivity contribution in [2.24, 2.45) is 0 Å². The number of pyridine rings is 1. The number of hydrogen-bond acceptors (Lipinski definition) is 7. The largest absolute Gasteiger partial charge is 0.379 e. The van der Waals surface area contributed by atoms with Gasteiger partial charge in [0, 0.05) is 69.1 Å². The molecule has 2 aromatic rings. The fourth-order valence-electron chi connectivity index (χ4n) is 4.16. The molecule has 8 heteroatoms. The molecule has 32 heavy (non-hydrogen) atoms. The van der Waals surface area contributed by atoms with Crippen LogP contribution in [0.5, 0.6) is 0 Å². The zero-order valence-corrected chi connectivity index (χ0v) is 19.5. The molecule has 2 aliphatic rings. The van der Waals surface area contributed by atoms with E-state index in [-0.39, 0.29) is 11.8 Å². The number of nitrogens with zero attached hydrogens (tertiary/aromatic N) is 5. The maximum atomic E-state index is 12.8. The molecule has 1 unspecified atom stereocenters. The minimum atomic E-state index is 0.0466. The summed E-state index contributed by atoms with van der Waals surface area (Å²) in [6.07, 6.45) is 10.9. The second-order valence-corrected chi connectivity index (χ2v) is 9.33. The van der Waals surface area contributed by atoms with E-state index in [4.69, 9.17) is 9.72 Å². The molecule has 0 radical (unpaired) electrons. The SMILES string of the molecule is Cc1cnc(SCCN2CCOCC2)nc1C1CCCN(C(=O)C=Cc2cccnc2)C1. The van der Waals surface area contributed by atoms with Crippen LogP contribution in [-0.4, -0.2) is 82.3 Å². The second-order valence-electron chi connectivity index (χ2n) is 8.27. The van der Waals surface area contributed by atoms with Gasteiger partial charge in [-0.25, -0.2) is 9.97 Å². The summed E-state index contributed by atoms with van der Waals surface area (Å²) < 4.78 is 5.42. The Labute approximate surface area is 194 Å². The van der Waals surface area contributed by atoms with Gasteiger partial charge in [0.25, 0.3) is 0 Å².